The third kappa shape index (κ3) is 5.61. The lowest BCUT2D eigenvalue weighted by Crippen LogP contribution is -2.41. The molecule has 0 aliphatic carbocycles. The van der Waals surface area contributed by atoms with Crippen molar-refractivity contribution in [1.82, 2.24) is 30.3 Å². The van der Waals surface area contributed by atoms with Crippen molar-refractivity contribution in [2.24, 2.45) is 0 Å². The highest BCUT2D eigenvalue weighted by Crippen LogP contribution is 2.36. The number of nitrogens with zero attached hydrogens (tertiary/aromatic N) is 4. The molecule has 2 unspecified atom stereocenters. The van der Waals surface area contributed by atoms with E-state index in [9.17, 15) is 17.4 Å². The number of benzene rings is 2. The summed E-state index contributed by atoms with van der Waals surface area (Å²) in [5, 5.41) is 6.68. The number of amides is 1. The summed E-state index contributed by atoms with van der Waals surface area (Å²) in [5.41, 5.74) is 5.40. The molecular formula is C22H22N6O6S3. The van der Waals surface area contributed by atoms with E-state index >= 15 is 0 Å². The third-order valence-electron chi connectivity index (χ3n) is 5.75. The molecule has 0 radical (unpaired) electrons. The number of likely N-dealkylation sites (tertiary alicyclic amines) is 1. The first-order valence-corrected chi connectivity index (χ1v) is 15.0. The van der Waals surface area contributed by atoms with Gasteiger partial charge in [0.25, 0.3) is 5.91 Å². The van der Waals surface area contributed by atoms with Gasteiger partial charge in [-0.3, -0.25) is 9.35 Å². The minimum Gasteiger partial charge on any atom is -0.422 e. The molecule has 3 N–H and O–H groups in total. The van der Waals surface area contributed by atoms with Crippen LogP contribution in [0.25, 0.3) is 21.3 Å². The van der Waals surface area contributed by atoms with Crippen LogP contribution >= 0.6 is 11.3 Å². The SMILES string of the molecule is CS(=O)(=O)C(c1nnc(CNNS(=O)O)o1)c1nc2ccc(-c3cccc(C(=O)N4CCC4)c3)cc2s1. The molecule has 1 amide bonds. The van der Waals surface area contributed by atoms with Crippen LogP contribution in [0, 0.1) is 0 Å². The summed E-state index contributed by atoms with van der Waals surface area (Å²) in [4.78, 5) is 21.0. The van der Waals surface area contributed by atoms with E-state index in [1.165, 1.54) is 11.3 Å². The van der Waals surface area contributed by atoms with Crippen molar-refractivity contribution in [2.75, 3.05) is 19.3 Å². The predicted molar refractivity (Wildman–Crippen MR) is 137 cm³/mol. The normalized spacial score (nSPS) is 15.5. The molecule has 3 heterocycles. The second-order valence-electron chi connectivity index (χ2n) is 8.41. The van der Waals surface area contributed by atoms with Crippen molar-refractivity contribution < 1.29 is 26.4 Å². The first-order valence-electron chi connectivity index (χ1n) is 11.1. The van der Waals surface area contributed by atoms with Crippen LogP contribution in [-0.2, 0) is 27.6 Å². The zero-order valence-corrected chi connectivity index (χ0v) is 21.9. The molecule has 15 heteroatoms. The average Bonchev–Trinajstić information content (AvgIpc) is 3.43. The van der Waals surface area contributed by atoms with Crippen LogP contribution in [0.2, 0.25) is 0 Å². The number of sulfone groups is 1. The van der Waals surface area contributed by atoms with Crippen molar-refractivity contribution >= 4 is 48.6 Å². The van der Waals surface area contributed by atoms with Gasteiger partial charge in [0.15, 0.2) is 15.1 Å². The molecule has 0 saturated carbocycles. The molecule has 0 bridgehead atoms. The first kappa shape index (κ1) is 25.6. The molecule has 12 nitrogen and oxygen atoms in total. The monoisotopic (exact) mass is 562 g/mol. The van der Waals surface area contributed by atoms with Crippen LogP contribution in [0.5, 0.6) is 0 Å². The third-order valence-corrected chi connectivity index (χ3v) is 8.58. The van der Waals surface area contributed by atoms with Gasteiger partial charge in [-0.15, -0.1) is 21.5 Å². The van der Waals surface area contributed by atoms with Crippen molar-refractivity contribution in [3.8, 4) is 11.1 Å². The molecule has 5 rings (SSSR count). The molecule has 2 aromatic carbocycles. The van der Waals surface area contributed by atoms with Crippen molar-refractivity contribution in [1.29, 1.82) is 0 Å². The van der Waals surface area contributed by atoms with Crippen LogP contribution in [0.4, 0.5) is 0 Å². The number of thiazole rings is 1. The highest BCUT2D eigenvalue weighted by Gasteiger charge is 2.34. The lowest BCUT2D eigenvalue weighted by atomic mass is 10.0. The van der Waals surface area contributed by atoms with Gasteiger partial charge in [-0.05, 0) is 41.8 Å². The molecule has 1 aliphatic heterocycles. The van der Waals surface area contributed by atoms with Gasteiger partial charge in [0, 0.05) is 24.9 Å². The van der Waals surface area contributed by atoms with E-state index < -0.39 is 26.4 Å². The van der Waals surface area contributed by atoms with E-state index in [0.717, 1.165) is 41.6 Å². The quantitative estimate of drug-likeness (QED) is 0.203. The van der Waals surface area contributed by atoms with Crippen LogP contribution in [-0.4, -0.2) is 62.5 Å². The van der Waals surface area contributed by atoms with Crippen LogP contribution in [0.3, 0.4) is 0 Å². The van der Waals surface area contributed by atoms with Gasteiger partial charge < -0.3 is 9.32 Å². The van der Waals surface area contributed by atoms with Crippen LogP contribution in [0.1, 0.15) is 38.8 Å². The Labute approximate surface area is 218 Å². The fourth-order valence-electron chi connectivity index (χ4n) is 3.86. The van der Waals surface area contributed by atoms with Gasteiger partial charge in [0.05, 0.1) is 16.8 Å². The Kier molecular flexibility index (Phi) is 7.15. The summed E-state index contributed by atoms with van der Waals surface area (Å²) in [5.74, 6) is -0.113. The molecule has 37 heavy (non-hydrogen) atoms. The maximum absolute atomic E-state index is 12.7. The lowest BCUT2D eigenvalue weighted by molar-refractivity contribution is 0.0652. The van der Waals surface area contributed by atoms with E-state index in [1.54, 1.807) is 12.1 Å². The average molecular weight is 563 g/mol. The lowest BCUT2D eigenvalue weighted by Gasteiger charge is -2.31. The maximum Gasteiger partial charge on any atom is 0.253 e. The number of fused-ring (bicyclic) bond motifs is 1. The van der Waals surface area contributed by atoms with Gasteiger partial charge in [-0.1, -0.05) is 18.2 Å². The molecule has 1 saturated heterocycles. The number of hydrogen-bond acceptors (Lipinski definition) is 10. The molecule has 2 aromatic heterocycles. The molecular weight excluding hydrogens is 540 g/mol. The first-order chi connectivity index (χ1) is 17.7. The van der Waals surface area contributed by atoms with Gasteiger partial charge in [0.2, 0.25) is 23.0 Å². The summed E-state index contributed by atoms with van der Waals surface area (Å²) in [6, 6.07) is 13.0. The number of carbonyl (C=O) groups is 1. The Morgan fingerprint density at radius 2 is 2.00 bits per heavy atom. The zero-order chi connectivity index (χ0) is 26.2. The summed E-state index contributed by atoms with van der Waals surface area (Å²) < 4.78 is 51.1. The van der Waals surface area contributed by atoms with E-state index in [-0.39, 0.29) is 29.2 Å². The minimum atomic E-state index is -3.74. The summed E-state index contributed by atoms with van der Waals surface area (Å²) in [7, 11) is -3.74. The topological polar surface area (TPSA) is 168 Å². The fourth-order valence-corrected chi connectivity index (χ4v) is 6.58. The van der Waals surface area contributed by atoms with Gasteiger partial charge in [-0.25, -0.2) is 23.0 Å². The Bertz CT molecular complexity index is 1600. The Balaban J connectivity index is 1.44. The molecule has 0 spiro atoms. The number of nitrogens with one attached hydrogen (secondary N) is 2. The Hall–Kier alpha value is -3.08. The molecule has 1 fully saturated rings. The smallest absolute Gasteiger partial charge is 0.253 e. The van der Waals surface area contributed by atoms with Gasteiger partial charge in [-0.2, -0.15) is 4.83 Å². The molecule has 194 valence electrons. The second-order valence-corrected chi connectivity index (χ2v) is 12.3. The standard InChI is InChI=1S/C22H22N6O6S3/c1-37(32,33)19(20-26-25-18(34-20)12-23-27-36(30)31)21-24-16-7-6-14(11-17(16)35-21)13-4-2-5-15(10-13)22(29)28-8-3-9-28/h2,4-7,10-11,19,23,27H,3,8-9,12H2,1H3,(H,30,31). The minimum absolute atomic E-state index is 0.0137. The van der Waals surface area contributed by atoms with Crippen molar-refractivity contribution in [3.63, 3.8) is 0 Å². The molecule has 4 aromatic rings. The fraction of sp³-hybridized carbons (Fsp3) is 0.273. The zero-order valence-electron chi connectivity index (χ0n) is 19.4. The second kappa shape index (κ2) is 10.4. The number of aromatic nitrogens is 3. The Morgan fingerprint density at radius 1 is 1.22 bits per heavy atom. The Morgan fingerprint density at radius 3 is 2.70 bits per heavy atom. The molecule has 2 atom stereocenters. The number of hydrogen-bond donors (Lipinski definition) is 3. The number of carbonyl (C=O) groups excluding carboxylic acids is 1. The van der Waals surface area contributed by atoms with Crippen LogP contribution < -0.4 is 10.3 Å². The van der Waals surface area contributed by atoms with Crippen molar-refractivity contribution in [3.05, 3.63) is 64.8 Å². The highest BCUT2D eigenvalue weighted by molar-refractivity contribution is 7.91. The highest BCUT2D eigenvalue weighted by atomic mass is 32.2. The van der Waals surface area contributed by atoms with Crippen LogP contribution in [0.15, 0.2) is 46.9 Å². The largest absolute Gasteiger partial charge is 0.422 e. The number of rotatable bonds is 9. The van der Waals surface area contributed by atoms with E-state index in [2.05, 4.69) is 25.4 Å². The van der Waals surface area contributed by atoms with E-state index in [4.69, 9.17) is 8.97 Å². The van der Waals surface area contributed by atoms with E-state index in [1.807, 2.05) is 35.2 Å². The van der Waals surface area contributed by atoms with Gasteiger partial charge in [0.1, 0.15) is 5.01 Å². The van der Waals surface area contributed by atoms with E-state index in [0.29, 0.717) is 11.1 Å². The summed E-state index contributed by atoms with van der Waals surface area (Å²) in [6.07, 6.45) is 2.09. The number of hydrazine groups is 1. The summed E-state index contributed by atoms with van der Waals surface area (Å²) in [6.45, 7) is 1.45. The van der Waals surface area contributed by atoms with Crippen molar-refractivity contribution in [2.45, 2.75) is 18.2 Å². The molecule has 1 aliphatic rings. The predicted octanol–water partition coefficient (Wildman–Crippen LogP) is 2.06. The maximum atomic E-state index is 12.7. The van der Waals surface area contributed by atoms with Gasteiger partial charge >= 0.3 is 0 Å². The summed E-state index contributed by atoms with van der Waals surface area (Å²) >= 11 is -1.09.